The number of rotatable bonds is 3. The summed E-state index contributed by atoms with van der Waals surface area (Å²) in [5, 5.41) is 7.55. The van der Waals surface area contributed by atoms with Gasteiger partial charge in [-0.15, -0.1) is 0 Å². The topological polar surface area (TPSA) is 70.2 Å². The number of nitrogens with zero attached hydrogens (tertiary/aromatic N) is 2. The van der Waals surface area contributed by atoms with Crippen molar-refractivity contribution in [3.8, 4) is 11.3 Å². The Bertz CT molecular complexity index is 1190. The monoisotopic (exact) mass is 451 g/mol. The first-order valence-corrected chi connectivity index (χ1v) is 9.78. The number of alkyl halides is 5. The number of hydrogen-bond donors (Lipinski definition) is 1. The number of nitrogens with one attached hydrogen (secondary N) is 1. The molecular weight excluding hydrogens is 433 g/mol. The van der Waals surface area contributed by atoms with Crippen LogP contribution in [0.3, 0.4) is 0 Å². The second-order valence-electron chi connectivity index (χ2n) is 7.71. The second kappa shape index (κ2) is 7.68. The summed E-state index contributed by atoms with van der Waals surface area (Å²) in [6.07, 6.45) is -3.43. The Kier molecular flexibility index (Phi) is 5.26. The predicted molar refractivity (Wildman–Crippen MR) is 107 cm³/mol. The first kappa shape index (κ1) is 21.9. The maximum absolute atomic E-state index is 13.6. The van der Waals surface area contributed by atoms with Gasteiger partial charge >= 0.3 is 6.18 Å². The second-order valence-corrected chi connectivity index (χ2v) is 7.71. The Balaban J connectivity index is 1.68. The Morgan fingerprint density at radius 1 is 1.22 bits per heavy atom. The minimum Gasteiger partial charge on any atom is -0.454 e. The van der Waals surface area contributed by atoms with Crippen molar-refractivity contribution in [3.63, 3.8) is 0 Å². The van der Waals surface area contributed by atoms with Crippen molar-refractivity contribution >= 4 is 23.1 Å². The average Bonchev–Trinajstić information content (AvgIpc) is 3.07. The molecule has 1 aliphatic heterocycles. The quantitative estimate of drug-likeness (QED) is 0.411. The number of aryl methyl sites for hydroxylation is 1. The van der Waals surface area contributed by atoms with E-state index in [2.05, 4.69) is 4.98 Å². The van der Waals surface area contributed by atoms with Gasteiger partial charge < -0.3 is 14.7 Å². The van der Waals surface area contributed by atoms with Crippen molar-refractivity contribution in [3.05, 3.63) is 52.9 Å². The molecule has 0 unspecified atom stereocenters. The molecule has 0 saturated carbocycles. The first-order chi connectivity index (χ1) is 15.0. The number of furan rings is 1. The van der Waals surface area contributed by atoms with Gasteiger partial charge in [0.25, 0.3) is 11.8 Å². The van der Waals surface area contributed by atoms with E-state index in [1.54, 1.807) is 6.92 Å². The van der Waals surface area contributed by atoms with E-state index < -0.39 is 36.4 Å². The van der Waals surface area contributed by atoms with Crippen LogP contribution in [0.25, 0.3) is 22.2 Å². The summed E-state index contributed by atoms with van der Waals surface area (Å²) in [6.45, 7) is 1.41. The maximum atomic E-state index is 13.6. The number of carbonyl (C=O) groups excluding carboxylic acids is 1. The lowest BCUT2D eigenvalue weighted by Gasteiger charge is -2.31. The highest BCUT2D eigenvalue weighted by atomic mass is 19.4. The summed E-state index contributed by atoms with van der Waals surface area (Å²) in [7, 11) is 0. The van der Waals surface area contributed by atoms with Gasteiger partial charge in [-0.25, -0.2) is 8.78 Å². The number of likely N-dealkylation sites (tertiary alicyclic amines) is 1. The Hall–Kier alpha value is -3.30. The number of pyridine rings is 1. The number of carbonyl (C=O) groups is 1. The predicted octanol–water partition coefficient (Wildman–Crippen LogP) is 5.69. The molecule has 0 atom stereocenters. The molecule has 1 N–H and O–H groups in total. The molecule has 1 saturated heterocycles. The van der Waals surface area contributed by atoms with Gasteiger partial charge in [0.2, 0.25) is 0 Å². The third-order valence-corrected chi connectivity index (χ3v) is 5.60. The average molecular weight is 451 g/mol. The molecule has 0 aliphatic carbocycles. The molecule has 1 aliphatic rings. The molecule has 32 heavy (non-hydrogen) atoms. The standard InChI is InChI=1S/C22H18F5N3O2/c1-12-15-8-14(9-16(22(25,26)27)19(15)32-18(12)10-28)17-3-2-13(11-29-17)20(31)30-6-4-21(23,24)5-7-30/h2-3,8-11,28H,4-7H2,1H3. The minimum absolute atomic E-state index is 0.0312. The smallest absolute Gasteiger partial charge is 0.420 e. The van der Waals surface area contributed by atoms with Gasteiger partial charge in [0, 0.05) is 48.6 Å². The SMILES string of the molecule is Cc1c(C=N)oc2c(C(F)(F)F)cc(-c3ccc(C(=O)N4CCC(F)(F)CC4)cn3)cc12. The van der Waals surface area contributed by atoms with Crippen molar-refractivity contribution in [2.24, 2.45) is 0 Å². The van der Waals surface area contributed by atoms with Crippen LogP contribution >= 0.6 is 0 Å². The Morgan fingerprint density at radius 3 is 2.47 bits per heavy atom. The molecule has 1 aromatic carbocycles. The van der Waals surface area contributed by atoms with Crippen molar-refractivity contribution in [1.82, 2.24) is 9.88 Å². The van der Waals surface area contributed by atoms with Gasteiger partial charge in [0.15, 0.2) is 0 Å². The fourth-order valence-corrected chi connectivity index (χ4v) is 3.74. The van der Waals surface area contributed by atoms with E-state index in [-0.39, 0.29) is 46.6 Å². The number of fused-ring (bicyclic) bond motifs is 1. The van der Waals surface area contributed by atoms with Crippen LogP contribution in [0.2, 0.25) is 0 Å². The summed E-state index contributed by atoms with van der Waals surface area (Å²) in [5.74, 6) is -3.20. The first-order valence-electron chi connectivity index (χ1n) is 9.78. The number of hydrogen-bond acceptors (Lipinski definition) is 4. The number of piperidine rings is 1. The van der Waals surface area contributed by atoms with Gasteiger partial charge in [-0.2, -0.15) is 13.2 Å². The summed E-state index contributed by atoms with van der Waals surface area (Å²) < 4.78 is 72.8. The molecule has 3 heterocycles. The van der Waals surface area contributed by atoms with Crippen LogP contribution in [0.15, 0.2) is 34.9 Å². The van der Waals surface area contributed by atoms with Crippen molar-refractivity contribution < 1.29 is 31.2 Å². The Morgan fingerprint density at radius 2 is 1.91 bits per heavy atom. The molecule has 10 heteroatoms. The van der Waals surface area contributed by atoms with Crippen molar-refractivity contribution in [1.29, 1.82) is 5.41 Å². The maximum Gasteiger partial charge on any atom is 0.420 e. The van der Waals surface area contributed by atoms with Gasteiger partial charge in [-0.1, -0.05) is 0 Å². The molecular formula is C22H18F5N3O2. The van der Waals surface area contributed by atoms with E-state index in [9.17, 15) is 26.7 Å². The number of benzene rings is 1. The zero-order valence-electron chi connectivity index (χ0n) is 16.9. The van der Waals surface area contributed by atoms with Crippen LogP contribution in [0.4, 0.5) is 22.0 Å². The molecule has 0 spiro atoms. The van der Waals surface area contributed by atoms with E-state index in [0.717, 1.165) is 12.3 Å². The zero-order chi connectivity index (χ0) is 23.3. The van der Waals surface area contributed by atoms with Crippen LogP contribution in [0.1, 0.15) is 40.1 Å². The molecule has 3 aromatic rings. The zero-order valence-corrected chi connectivity index (χ0v) is 16.9. The highest BCUT2D eigenvalue weighted by Gasteiger charge is 2.37. The van der Waals surface area contributed by atoms with Crippen LogP contribution < -0.4 is 0 Å². The lowest BCUT2D eigenvalue weighted by atomic mass is 10.0. The van der Waals surface area contributed by atoms with E-state index in [1.807, 2.05) is 0 Å². The third-order valence-electron chi connectivity index (χ3n) is 5.60. The number of aromatic nitrogens is 1. The molecule has 4 rings (SSSR count). The van der Waals surface area contributed by atoms with Gasteiger partial charge in [0.05, 0.1) is 23.0 Å². The number of halogens is 5. The summed E-state index contributed by atoms with van der Waals surface area (Å²) in [6, 6.07) is 5.24. The molecule has 1 amide bonds. The highest BCUT2D eigenvalue weighted by molar-refractivity contribution is 5.96. The van der Waals surface area contributed by atoms with Crippen molar-refractivity contribution in [2.45, 2.75) is 31.9 Å². The molecule has 2 aromatic heterocycles. The van der Waals surface area contributed by atoms with Crippen LogP contribution in [0.5, 0.6) is 0 Å². The molecule has 0 radical (unpaired) electrons. The fraction of sp³-hybridized carbons (Fsp3) is 0.318. The molecule has 0 bridgehead atoms. The van der Waals surface area contributed by atoms with Gasteiger partial charge in [0.1, 0.15) is 11.3 Å². The van der Waals surface area contributed by atoms with Gasteiger partial charge in [-0.05, 0) is 31.2 Å². The lowest BCUT2D eigenvalue weighted by Crippen LogP contribution is -2.42. The van der Waals surface area contributed by atoms with Crippen molar-refractivity contribution in [2.75, 3.05) is 13.1 Å². The fourth-order valence-electron chi connectivity index (χ4n) is 3.74. The van der Waals surface area contributed by atoms with Gasteiger partial charge in [-0.3, -0.25) is 9.78 Å². The van der Waals surface area contributed by atoms with E-state index in [1.165, 1.54) is 29.3 Å². The summed E-state index contributed by atoms with van der Waals surface area (Å²) in [4.78, 5) is 18.0. The molecule has 1 fully saturated rings. The van der Waals surface area contributed by atoms with Crippen LogP contribution in [-0.4, -0.2) is 41.0 Å². The van der Waals surface area contributed by atoms with Crippen LogP contribution in [-0.2, 0) is 6.18 Å². The van der Waals surface area contributed by atoms with E-state index >= 15 is 0 Å². The molecule has 168 valence electrons. The summed E-state index contributed by atoms with van der Waals surface area (Å²) in [5.41, 5.74) is -0.404. The molecule has 5 nitrogen and oxygen atoms in total. The summed E-state index contributed by atoms with van der Waals surface area (Å²) >= 11 is 0. The van der Waals surface area contributed by atoms with Crippen LogP contribution in [0, 0.1) is 12.3 Å². The third kappa shape index (κ3) is 3.96. The largest absolute Gasteiger partial charge is 0.454 e. The number of amides is 1. The minimum atomic E-state index is -4.69. The highest BCUT2D eigenvalue weighted by Crippen LogP contribution is 2.40. The lowest BCUT2D eigenvalue weighted by molar-refractivity contribution is -0.136. The van der Waals surface area contributed by atoms with E-state index in [4.69, 9.17) is 9.83 Å². The normalized spacial score (nSPS) is 16.4. The van der Waals surface area contributed by atoms with E-state index in [0.29, 0.717) is 5.56 Å². The Labute approximate surface area is 179 Å².